The maximum atomic E-state index is 14.4. The third kappa shape index (κ3) is 8.31. The number of para-hydroxylation sites is 3. The molecule has 4 aliphatic rings. The Morgan fingerprint density at radius 3 is 0.947 bits per heavy atom. The molecule has 0 saturated heterocycles. The first-order chi connectivity index (χ1) is 27.9. The number of ketones is 3. The van der Waals surface area contributed by atoms with E-state index in [1.165, 1.54) is 0 Å². The summed E-state index contributed by atoms with van der Waals surface area (Å²) >= 11 is 0. The van der Waals surface area contributed by atoms with Gasteiger partial charge in [0.05, 0.1) is 16.7 Å². The van der Waals surface area contributed by atoms with E-state index in [0.717, 1.165) is 109 Å². The second kappa shape index (κ2) is 18.1. The minimum Gasteiger partial charge on any atom is -0.341 e. The molecule has 0 spiro atoms. The number of carbonyl (C=O) groups excluding carboxylic acids is 3. The Morgan fingerprint density at radius 2 is 0.667 bits per heavy atom. The normalized spacial score (nSPS) is 19.7. The summed E-state index contributed by atoms with van der Waals surface area (Å²) in [4.78, 5) is 49.9. The van der Waals surface area contributed by atoms with Crippen molar-refractivity contribution in [2.24, 2.45) is 0 Å². The minimum atomic E-state index is -0.569. The fourth-order valence-corrected chi connectivity index (χ4v) is 7.67. The van der Waals surface area contributed by atoms with E-state index in [2.05, 4.69) is 90.1 Å². The van der Waals surface area contributed by atoms with Crippen LogP contribution in [0.25, 0.3) is 18.2 Å². The van der Waals surface area contributed by atoms with Crippen molar-refractivity contribution in [3.63, 3.8) is 0 Å². The molecule has 6 nitrogen and oxygen atoms in total. The van der Waals surface area contributed by atoms with Crippen molar-refractivity contribution in [3.8, 4) is 0 Å². The highest BCUT2D eigenvalue weighted by molar-refractivity contribution is 6.52. The Balaban J connectivity index is 1.32. The Bertz CT molecular complexity index is 2060. The summed E-state index contributed by atoms with van der Waals surface area (Å²) in [5.41, 5.74) is 9.14. The second-order valence-electron chi connectivity index (χ2n) is 14.7. The minimum absolute atomic E-state index is 0.0288. The standard InChI is InChI=1S/C51H51N3O3/c1-4-7-34-52-40(25-22-37-16-10-13-19-46(37)52)28-31-43-49(55)44(32-29-41-26-23-38-17-11-14-20-47(38)53(41)35-8-5-2)51(57)45(50(43)56)33-30-42-27-24-39-18-12-15-21-48(39)54(42)36-9-6-3/h10-33H,4-9,34-36H2,1-3H3/b40-28-,41-29+,42-30+,43-31?,44-32?,45-33?. The molecule has 1 fully saturated rings. The van der Waals surface area contributed by atoms with Crippen molar-refractivity contribution in [3.05, 3.63) is 178 Å². The molecular weight excluding hydrogens is 703 g/mol. The molecule has 1 saturated carbocycles. The summed E-state index contributed by atoms with van der Waals surface area (Å²) < 4.78 is 0. The van der Waals surface area contributed by atoms with E-state index in [0.29, 0.717) is 0 Å². The van der Waals surface area contributed by atoms with Gasteiger partial charge in [-0.2, -0.15) is 0 Å². The molecule has 0 amide bonds. The molecule has 288 valence electrons. The smallest absolute Gasteiger partial charge is 0.200 e. The van der Waals surface area contributed by atoms with Gasteiger partial charge >= 0.3 is 0 Å². The molecule has 0 bridgehead atoms. The topological polar surface area (TPSA) is 60.9 Å². The van der Waals surface area contributed by atoms with E-state index < -0.39 is 17.3 Å². The van der Waals surface area contributed by atoms with Crippen LogP contribution in [0.3, 0.4) is 0 Å². The van der Waals surface area contributed by atoms with Crippen molar-refractivity contribution in [1.82, 2.24) is 0 Å². The number of benzene rings is 3. The van der Waals surface area contributed by atoms with E-state index in [4.69, 9.17) is 0 Å². The van der Waals surface area contributed by atoms with Crippen LogP contribution >= 0.6 is 0 Å². The van der Waals surface area contributed by atoms with Gasteiger partial charge in [0, 0.05) is 53.8 Å². The summed E-state index contributed by atoms with van der Waals surface area (Å²) in [5, 5.41) is 0. The number of hydrogen-bond acceptors (Lipinski definition) is 6. The zero-order valence-corrected chi connectivity index (χ0v) is 33.3. The molecule has 1 aliphatic carbocycles. The highest BCUT2D eigenvalue weighted by Gasteiger charge is 2.38. The summed E-state index contributed by atoms with van der Waals surface area (Å²) in [5.74, 6) is -1.71. The Kier molecular flexibility index (Phi) is 12.4. The lowest BCUT2D eigenvalue weighted by molar-refractivity contribution is -0.124. The first-order valence-corrected chi connectivity index (χ1v) is 20.5. The van der Waals surface area contributed by atoms with Crippen LogP contribution < -0.4 is 14.7 Å². The van der Waals surface area contributed by atoms with Gasteiger partial charge in [-0.05, 0) is 109 Å². The Labute approximate surface area is 337 Å². The molecule has 3 aromatic rings. The third-order valence-corrected chi connectivity index (χ3v) is 10.9. The summed E-state index contributed by atoms with van der Waals surface area (Å²) in [6.07, 6.45) is 28.6. The quantitative estimate of drug-likeness (QED) is 0.136. The summed E-state index contributed by atoms with van der Waals surface area (Å²) in [7, 11) is 0. The zero-order valence-electron chi connectivity index (χ0n) is 33.3. The second-order valence-corrected chi connectivity index (χ2v) is 14.7. The van der Waals surface area contributed by atoms with Crippen LogP contribution in [0, 0.1) is 0 Å². The zero-order chi connectivity index (χ0) is 39.7. The molecule has 3 aliphatic heterocycles. The van der Waals surface area contributed by atoms with E-state index in [9.17, 15) is 14.4 Å². The van der Waals surface area contributed by atoms with Crippen LogP contribution in [0.1, 0.15) is 76.0 Å². The van der Waals surface area contributed by atoms with Gasteiger partial charge in [0.15, 0.2) is 0 Å². The van der Waals surface area contributed by atoms with Crippen molar-refractivity contribution < 1.29 is 14.4 Å². The number of fused-ring (bicyclic) bond motifs is 3. The van der Waals surface area contributed by atoms with Crippen molar-refractivity contribution >= 4 is 52.6 Å². The fraction of sp³-hybridized carbons (Fsp3) is 0.235. The fourth-order valence-electron chi connectivity index (χ4n) is 7.67. The lowest BCUT2D eigenvalue weighted by Crippen LogP contribution is -2.32. The maximum absolute atomic E-state index is 14.4. The van der Waals surface area contributed by atoms with E-state index >= 15 is 0 Å². The Morgan fingerprint density at radius 1 is 0.386 bits per heavy atom. The monoisotopic (exact) mass is 753 g/mol. The molecule has 0 radical (unpaired) electrons. The van der Waals surface area contributed by atoms with Crippen LogP contribution in [0.2, 0.25) is 0 Å². The molecule has 7 rings (SSSR count). The summed E-state index contributed by atoms with van der Waals surface area (Å²) in [6, 6.07) is 24.7. The molecule has 3 heterocycles. The van der Waals surface area contributed by atoms with Gasteiger partial charge < -0.3 is 14.7 Å². The number of rotatable bonds is 12. The Hall–Kier alpha value is -6.27. The van der Waals surface area contributed by atoms with Gasteiger partial charge in [0.1, 0.15) is 0 Å². The van der Waals surface area contributed by atoms with Gasteiger partial charge in [-0.1, -0.05) is 113 Å². The molecule has 0 unspecified atom stereocenters. The predicted octanol–water partition coefficient (Wildman–Crippen LogP) is 11.1. The largest absolute Gasteiger partial charge is 0.341 e. The van der Waals surface area contributed by atoms with Gasteiger partial charge in [0.25, 0.3) is 0 Å². The molecule has 0 aromatic heterocycles. The summed E-state index contributed by atoms with van der Waals surface area (Å²) in [6.45, 7) is 8.86. The first kappa shape index (κ1) is 39.0. The average molecular weight is 754 g/mol. The average Bonchev–Trinajstić information content (AvgIpc) is 3.24. The number of carbonyl (C=O) groups is 3. The third-order valence-electron chi connectivity index (χ3n) is 10.9. The molecule has 0 atom stereocenters. The lowest BCUT2D eigenvalue weighted by atomic mass is 9.82. The number of Topliss-reactive ketones (excluding diaryl/α,β-unsaturated/α-hetero) is 3. The van der Waals surface area contributed by atoms with Crippen LogP contribution in [-0.4, -0.2) is 37.0 Å². The van der Waals surface area contributed by atoms with Crippen LogP contribution in [-0.2, 0) is 14.4 Å². The van der Waals surface area contributed by atoms with E-state index in [-0.39, 0.29) is 16.7 Å². The molecular formula is C51H51N3O3. The highest BCUT2D eigenvalue weighted by Crippen LogP contribution is 2.35. The lowest BCUT2D eigenvalue weighted by Gasteiger charge is -2.30. The molecule has 3 aromatic carbocycles. The SMILES string of the molecule is CCCCN1/C(=C\C=C2C(=O)C(=C/C=C3\C=Cc4ccccc4N3CCCC)C(=O)C(=C/C=C3\C=Cc4ccccc4N3CCCC)C2=O)C=Cc2ccccc21. The molecule has 0 N–H and O–H groups in total. The highest BCUT2D eigenvalue weighted by atomic mass is 16.2. The number of unbranched alkanes of at least 4 members (excludes halogenated alkanes) is 3. The van der Waals surface area contributed by atoms with E-state index in [1.54, 1.807) is 18.2 Å². The van der Waals surface area contributed by atoms with Crippen molar-refractivity contribution in [1.29, 1.82) is 0 Å². The van der Waals surface area contributed by atoms with Gasteiger partial charge in [-0.15, -0.1) is 0 Å². The predicted molar refractivity (Wildman–Crippen MR) is 237 cm³/mol. The van der Waals surface area contributed by atoms with Crippen LogP contribution in [0.15, 0.2) is 161 Å². The van der Waals surface area contributed by atoms with Gasteiger partial charge in [0.2, 0.25) is 17.3 Å². The van der Waals surface area contributed by atoms with E-state index in [1.807, 2.05) is 72.9 Å². The molecule has 57 heavy (non-hydrogen) atoms. The molecule has 6 heteroatoms. The number of anilines is 3. The van der Waals surface area contributed by atoms with Gasteiger partial charge in [-0.25, -0.2) is 0 Å². The number of nitrogens with zero attached hydrogens (tertiary/aromatic N) is 3. The number of hydrogen-bond donors (Lipinski definition) is 0. The van der Waals surface area contributed by atoms with Crippen molar-refractivity contribution in [2.45, 2.75) is 59.3 Å². The maximum Gasteiger partial charge on any atom is 0.200 e. The van der Waals surface area contributed by atoms with Crippen molar-refractivity contribution in [2.75, 3.05) is 34.3 Å². The number of allylic oxidation sites excluding steroid dienone is 12. The van der Waals surface area contributed by atoms with Gasteiger partial charge in [-0.3, -0.25) is 14.4 Å². The van der Waals surface area contributed by atoms with Crippen LogP contribution in [0.5, 0.6) is 0 Å². The first-order valence-electron chi connectivity index (χ1n) is 20.5. The van der Waals surface area contributed by atoms with Crippen LogP contribution in [0.4, 0.5) is 17.1 Å².